The Morgan fingerprint density at radius 1 is 1.14 bits per heavy atom. The molecular weight excluding hydrogens is 372 g/mol. The summed E-state index contributed by atoms with van der Waals surface area (Å²) in [6.07, 6.45) is 0.985. The van der Waals surface area contributed by atoms with Gasteiger partial charge in [-0.2, -0.15) is 0 Å². The van der Waals surface area contributed by atoms with Gasteiger partial charge in [-0.05, 0) is 37.3 Å². The van der Waals surface area contributed by atoms with E-state index in [2.05, 4.69) is 19.2 Å². The first-order chi connectivity index (χ1) is 13.8. The maximum Gasteiger partial charge on any atom is 0.286 e. The monoisotopic (exact) mass is 400 g/mol. The van der Waals surface area contributed by atoms with Gasteiger partial charge in [0.1, 0.15) is 5.56 Å². The molecule has 1 amide bonds. The molecule has 0 aromatic heterocycles. The van der Waals surface area contributed by atoms with Crippen LogP contribution >= 0.6 is 0 Å². The van der Waals surface area contributed by atoms with E-state index in [1.807, 2.05) is 31.2 Å². The molecular formula is C22H28N2O5. The van der Waals surface area contributed by atoms with Crippen LogP contribution in [0.1, 0.15) is 55.2 Å². The molecule has 0 aliphatic heterocycles. The topological polar surface area (TPSA) is 90.7 Å². The fraction of sp³-hybridized carbons (Fsp3) is 0.409. The maximum atomic E-state index is 12.8. The first kappa shape index (κ1) is 22.2. The molecule has 1 unspecified atom stereocenters. The van der Waals surface area contributed by atoms with Crippen LogP contribution in [0, 0.1) is 16.0 Å². The van der Waals surface area contributed by atoms with Crippen molar-refractivity contribution < 1.29 is 19.2 Å². The van der Waals surface area contributed by atoms with Crippen LogP contribution in [-0.2, 0) is 6.42 Å². The van der Waals surface area contributed by atoms with E-state index in [0.29, 0.717) is 12.5 Å². The molecule has 0 saturated heterocycles. The number of rotatable bonds is 9. The number of hydrogen-bond acceptors (Lipinski definition) is 5. The molecule has 7 nitrogen and oxygen atoms in total. The lowest BCUT2D eigenvalue weighted by Crippen LogP contribution is -2.27. The summed E-state index contributed by atoms with van der Waals surface area (Å²) >= 11 is 0. The number of amides is 1. The van der Waals surface area contributed by atoms with Gasteiger partial charge >= 0.3 is 0 Å². The zero-order chi connectivity index (χ0) is 21.6. The Morgan fingerprint density at radius 2 is 1.79 bits per heavy atom. The lowest BCUT2D eigenvalue weighted by atomic mass is 9.99. The Morgan fingerprint density at radius 3 is 2.31 bits per heavy atom. The van der Waals surface area contributed by atoms with Crippen molar-refractivity contribution >= 4 is 11.6 Å². The van der Waals surface area contributed by atoms with Crippen molar-refractivity contribution in [1.82, 2.24) is 5.32 Å². The molecule has 0 aliphatic carbocycles. The molecule has 2 aromatic carbocycles. The Balaban J connectivity index is 2.25. The quantitative estimate of drug-likeness (QED) is 0.487. The van der Waals surface area contributed by atoms with E-state index in [1.54, 1.807) is 6.92 Å². The van der Waals surface area contributed by atoms with Gasteiger partial charge in [0, 0.05) is 6.07 Å². The number of ether oxygens (including phenoxy) is 2. The predicted molar refractivity (Wildman–Crippen MR) is 112 cm³/mol. The summed E-state index contributed by atoms with van der Waals surface area (Å²) in [5.74, 6) is 0.519. The van der Waals surface area contributed by atoms with Crippen molar-refractivity contribution in [2.75, 3.05) is 13.7 Å². The lowest BCUT2D eigenvalue weighted by molar-refractivity contribution is -0.385. The van der Waals surface area contributed by atoms with Crippen molar-refractivity contribution in [2.24, 2.45) is 5.92 Å². The summed E-state index contributed by atoms with van der Waals surface area (Å²) in [5, 5.41) is 14.3. The Hall–Kier alpha value is -3.09. The highest BCUT2D eigenvalue weighted by molar-refractivity contribution is 5.99. The molecule has 0 fully saturated rings. The Labute approximate surface area is 171 Å². The van der Waals surface area contributed by atoms with Crippen molar-refractivity contribution in [3.05, 3.63) is 63.2 Å². The van der Waals surface area contributed by atoms with Gasteiger partial charge < -0.3 is 14.8 Å². The number of nitrogens with zero attached hydrogens (tertiary/aromatic N) is 1. The minimum atomic E-state index is -0.595. The molecule has 0 saturated carbocycles. The predicted octanol–water partition coefficient (Wildman–Crippen LogP) is 4.69. The van der Waals surface area contributed by atoms with Crippen molar-refractivity contribution in [2.45, 2.75) is 40.2 Å². The SMILES string of the molecule is CCOc1cc([N+](=O)[O-])c(C(=O)NC(C)c2ccc(CC(C)C)cc2)cc1OC. The number of nitro benzene ring substituents is 1. The van der Waals surface area contributed by atoms with Gasteiger partial charge in [0.2, 0.25) is 0 Å². The minimum absolute atomic E-state index is 0.0708. The lowest BCUT2D eigenvalue weighted by Gasteiger charge is -2.16. The smallest absolute Gasteiger partial charge is 0.286 e. The number of carbonyl (C=O) groups excluding carboxylic acids is 1. The summed E-state index contributed by atoms with van der Waals surface area (Å²) in [6.45, 7) is 8.25. The molecule has 2 rings (SSSR count). The average Bonchev–Trinajstić information content (AvgIpc) is 2.67. The van der Waals surface area contributed by atoms with E-state index in [1.165, 1.54) is 24.8 Å². The molecule has 156 valence electrons. The van der Waals surface area contributed by atoms with Crippen LogP contribution in [0.2, 0.25) is 0 Å². The number of benzene rings is 2. The number of methoxy groups -OCH3 is 1. The van der Waals surface area contributed by atoms with Crippen LogP contribution in [0.15, 0.2) is 36.4 Å². The van der Waals surface area contributed by atoms with Crippen LogP contribution in [0.5, 0.6) is 11.5 Å². The Bertz CT molecular complexity index is 862. The van der Waals surface area contributed by atoms with Gasteiger partial charge in [-0.1, -0.05) is 38.1 Å². The van der Waals surface area contributed by atoms with E-state index >= 15 is 0 Å². The molecule has 1 N–H and O–H groups in total. The number of hydrogen-bond donors (Lipinski definition) is 1. The first-order valence-electron chi connectivity index (χ1n) is 9.65. The highest BCUT2D eigenvalue weighted by Gasteiger charge is 2.25. The summed E-state index contributed by atoms with van der Waals surface area (Å²) in [6, 6.07) is 10.3. The van der Waals surface area contributed by atoms with Crippen molar-refractivity contribution in [3.8, 4) is 11.5 Å². The summed E-state index contributed by atoms with van der Waals surface area (Å²) < 4.78 is 10.6. The second-order valence-corrected chi connectivity index (χ2v) is 7.25. The second kappa shape index (κ2) is 9.91. The molecule has 0 heterocycles. The normalized spacial score (nSPS) is 11.8. The largest absolute Gasteiger partial charge is 0.493 e. The van der Waals surface area contributed by atoms with Crippen LogP contribution in [0.4, 0.5) is 5.69 Å². The Kier molecular flexibility index (Phi) is 7.59. The standard InChI is InChI=1S/C22H28N2O5/c1-6-29-21-13-19(24(26)27)18(12-20(21)28-5)22(25)23-15(4)17-9-7-16(8-10-17)11-14(2)3/h7-10,12-15H,6,11H2,1-5H3,(H,23,25). The zero-order valence-corrected chi connectivity index (χ0v) is 17.5. The van der Waals surface area contributed by atoms with E-state index in [-0.39, 0.29) is 28.8 Å². The van der Waals surface area contributed by atoms with E-state index in [0.717, 1.165) is 12.0 Å². The molecule has 29 heavy (non-hydrogen) atoms. The first-order valence-corrected chi connectivity index (χ1v) is 9.65. The zero-order valence-electron chi connectivity index (χ0n) is 17.5. The van der Waals surface area contributed by atoms with Crippen LogP contribution in [-0.4, -0.2) is 24.5 Å². The summed E-state index contributed by atoms with van der Waals surface area (Å²) in [5.41, 5.74) is 1.75. The maximum absolute atomic E-state index is 12.8. The number of carbonyl (C=O) groups is 1. The minimum Gasteiger partial charge on any atom is -0.493 e. The van der Waals surface area contributed by atoms with Gasteiger partial charge in [-0.25, -0.2) is 0 Å². The van der Waals surface area contributed by atoms with Gasteiger partial charge in [0.15, 0.2) is 11.5 Å². The fourth-order valence-electron chi connectivity index (χ4n) is 3.08. The van der Waals surface area contributed by atoms with Gasteiger partial charge in [-0.3, -0.25) is 14.9 Å². The van der Waals surface area contributed by atoms with Crippen molar-refractivity contribution in [1.29, 1.82) is 0 Å². The highest BCUT2D eigenvalue weighted by atomic mass is 16.6. The summed E-state index contributed by atoms with van der Waals surface area (Å²) in [7, 11) is 1.42. The number of nitrogens with one attached hydrogen (secondary N) is 1. The third-order valence-electron chi connectivity index (χ3n) is 4.49. The molecule has 2 aromatic rings. The van der Waals surface area contributed by atoms with Crippen LogP contribution in [0.25, 0.3) is 0 Å². The fourth-order valence-corrected chi connectivity index (χ4v) is 3.08. The summed E-state index contributed by atoms with van der Waals surface area (Å²) in [4.78, 5) is 23.7. The highest BCUT2D eigenvalue weighted by Crippen LogP contribution is 2.35. The van der Waals surface area contributed by atoms with E-state index in [9.17, 15) is 14.9 Å². The van der Waals surface area contributed by atoms with E-state index < -0.39 is 10.8 Å². The number of nitro groups is 1. The van der Waals surface area contributed by atoms with Crippen molar-refractivity contribution in [3.63, 3.8) is 0 Å². The molecule has 1 atom stereocenters. The third kappa shape index (κ3) is 5.70. The third-order valence-corrected chi connectivity index (χ3v) is 4.49. The molecule has 0 radical (unpaired) electrons. The molecule has 0 aliphatic rings. The van der Waals surface area contributed by atoms with E-state index in [4.69, 9.17) is 9.47 Å². The molecule has 7 heteroatoms. The van der Waals surface area contributed by atoms with Gasteiger partial charge in [0.05, 0.1) is 30.7 Å². The van der Waals surface area contributed by atoms with Crippen LogP contribution < -0.4 is 14.8 Å². The average molecular weight is 400 g/mol. The second-order valence-electron chi connectivity index (χ2n) is 7.25. The van der Waals surface area contributed by atoms with Crippen LogP contribution in [0.3, 0.4) is 0 Å². The van der Waals surface area contributed by atoms with Gasteiger partial charge in [0.25, 0.3) is 11.6 Å². The van der Waals surface area contributed by atoms with Gasteiger partial charge in [-0.15, -0.1) is 0 Å². The molecule has 0 bridgehead atoms. The molecule has 0 spiro atoms.